The fourth-order valence-corrected chi connectivity index (χ4v) is 3.11. The molecule has 1 N–H and O–H groups in total. The van der Waals surface area contributed by atoms with Crippen LogP contribution in [-0.4, -0.2) is 29.0 Å². The van der Waals surface area contributed by atoms with Crippen LogP contribution >= 0.6 is 23.1 Å². The number of aromatic nitrogens is 2. The third-order valence-electron chi connectivity index (χ3n) is 2.11. The normalized spacial score (nSPS) is 14.3. The van der Waals surface area contributed by atoms with Crippen molar-refractivity contribution in [2.24, 2.45) is 5.41 Å². The van der Waals surface area contributed by atoms with Gasteiger partial charge in [-0.05, 0) is 12.5 Å². The monoisotopic (exact) mass is 231 g/mol. The first-order valence-electron chi connectivity index (χ1n) is 4.60. The van der Waals surface area contributed by atoms with Gasteiger partial charge in [0.2, 0.25) is 0 Å². The molecule has 80 valence electrons. The van der Waals surface area contributed by atoms with E-state index in [9.17, 15) is 0 Å². The van der Waals surface area contributed by atoms with E-state index in [0.717, 1.165) is 10.1 Å². The molecule has 0 aliphatic rings. The van der Waals surface area contributed by atoms with Crippen molar-refractivity contribution >= 4 is 23.1 Å². The zero-order valence-electron chi connectivity index (χ0n) is 9.07. The Kier molecular flexibility index (Phi) is 4.34. The molecule has 0 saturated carbocycles. The van der Waals surface area contributed by atoms with Crippen LogP contribution < -0.4 is 5.32 Å². The first kappa shape index (κ1) is 11.9. The zero-order chi connectivity index (χ0) is 10.6. The number of rotatable bonds is 4. The van der Waals surface area contributed by atoms with Crippen molar-refractivity contribution in [2.75, 3.05) is 12.8 Å². The van der Waals surface area contributed by atoms with Gasteiger partial charge in [-0.25, -0.2) is 0 Å². The molecule has 0 amide bonds. The lowest BCUT2D eigenvalue weighted by Crippen LogP contribution is -2.40. The Morgan fingerprint density at radius 2 is 2.29 bits per heavy atom. The topological polar surface area (TPSA) is 37.8 Å². The summed E-state index contributed by atoms with van der Waals surface area (Å²) in [5.74, 6) is 1.04. The second-order valence-electron chi connectivity index (χ2n) is 4.22. The number of hydrogen-bond acceptors (Lipinski definition) is 5. The predicted octanol–water partition coefficient (Wildman–Crippen LogP) is 2.26. The van der Waals surface area contributed by atoms with Crippen molar-refractivity contribution in [1.29, 1.82) is 0 Å². The summed E-state index contributed by atoms with van der Waals surface area (Å²) in [6.07, 6.45) is 0. The van der Waals surface area contributed by atoms with Crippen molar-refractivity contribution in [3.8, 4) is 0 Å². The Labute approximate surface area is 93.7 Å². The molecule has 0 aromatic carbocycles. The van der Waals surface area contributed by atoms with Crippen LogP contribution in [0.1, 0.15) is 20.8 Å². The van der Waals surface area contributed by atoms with E-state index >= 15 is 0 Å². The highest BCUT2D eigenvalue weighted by atomic mass is 32.2. The van der Waals surface area contributed by atoms with Crippen molar-refractivity contribution in [3.05, 3.63) is 5.51 Å². The Bertz CT molecular complexity index is 254. The highest BCUT2D eigenvalue weighted by Gasteiger charge is 2.23. The Morgan fingerprint density at radius 1 is 1.57 bits per heavy atom. The molecule has 14 heavy (non-hydrogen) atoms. The fourth-order valence-electron chi connectivity index (χ4n) is 1.15. The lowest BCUT2D eigenvalue weighted by molar-refractivity contribution is 0.305. The number of nitrogens with one attached hydrogen (secondary N) is 1. The molecule has 1 atom stereocenters. The highest BCUT2D eigenvalue weighted by Crippen LogP contribution is 2.26. The van der Waals surface area contributed by atoms with Crippen LogP contribution in [0.2, 0.25) is 0 Å². The van der Waals surface area contributed by atoms with Gasteiger partial charge in [0, 0.05) is 11.8 Å². The predicted molar refractivity (Wildman–Crippen MR) is 62.9 cm³/mol. The average Bonchev–Trinajstić information content (AvgIpc) is 2.55. The molecule has 0 bridgehead atoms. The van der Waals surface area contributed by atoms with Gasteiger partial charge in [0.15, 0.2) is 4.34 Å². The van der Waals surface area contributed by atoms with Crippen molar-refractivity contribution in [2.45, 2.75) is 31.2 Å². The van der Waals surface area contributed by atoms with Gasteiger partial charge in [-0.2, -0.15) is 0 Å². The minimum Gasteiger partial charge on any atom is -0.316 e. The maximum atomic E-state index is 4.01. The molecule has 5 heteroatoms. The van der Waals surface area contributed by atoms with Crippen LogP contribution in [0, 0.1) is 5.41 Å². The number of nitrogens with zero attached hydrogens (tertiary/aromatic N) is 2. The highest BCUT2D eigenvalue weighted by molar-refractivity contribution is 8.01. The van der Waals surface area contributed by atoms with Gasteiger partial charge in [0.1, 0.15) is 5.51 Å². The third kappa shape index (κ3) is 3.55. The molecule has 1 rings (SSSR count). The molecule has 3 nitrogen and oxygen atoms in total. The molecule has 0 radical (unpaired) electrons. The van der Waals surface area contributed by atoms with E-state index in [1.807, 2.05) is 7.05 Å². The van der Waals surface area contributed by atoms with Gasteiger partial charge in [-0.15, -0.1) is 10.2 Å². The average molecular weight is 231 g/mol. The lowest BCUT2D eigenvalue weighted by Gasteiger charge is -2.29. The summed E-state index contributed by atoms with van der Waals surface area (Å²) in [6, 6.07) is 0.497. The molecule has 0 fully saturated rings. The summed E-state index contributed by atoms with van der Waals surface area (Å²) in [5, 5.41) is 11.2. The fraction of sp³-hybridized carbons (Fsp3) is 0.778. The van der Waals surface area contributed by atoms with Crippen LogP contribution in [0.4, 0.5) is 0 Å². The van der Waals surface area contributed by atoms with Gasteiger partial charge in [0.05, 0.1) is 0 Å². The smallest absolute Gasteiger partial charge is 0.174 e. The van der Waals surface area contributed by atoms with Crippen LogP contribution in [-0.2, 0) is 0 Å². The molecular weight excluding hydrogens is 214 g/mol. The lowest BCUT2D eigenvalue weighted by atomic mass is 9.88. The van der Waals surface area contributed by atoms with Crippen LogP contribution in [0.3, 0.4) is 0 Å². The van der Waals surface area contributed by atoms with E-state index in [4.69, 9.17) is 0 Å². The van der Waals surface area contributed by atoms with Crippen molar-refractivity contribution in [1.82, 2.24) is 15.5 Å². The van der Waals surface area contributed by atoms with Gasteiger partial charge in [-0.1, -0.05) is 43.9 Å². The number of hydrogen-bond donors (Lipinski definition) is 1. The first-order chi connectivity index (χ1) is 6.54. The summed E-state index contributed by atoms with van der Waals surface area (Å²) in [6.45, 7) is 6.73. The largest absolute Gasteiger partial charge is 0.316 e. The molecule has 0 aliphatic heterocycles. The number of thioether (sulfide) groups is 1. The van der Waals surface area contributed by atoms with Crippen LogP contribution in [0.15, 0.2) is 9.85 Å². The summed E-state index contributed by atoms with van der Waals surface area (Å²) in [4.78, 5) is 0. The Morgan fingerprint density at radius 3 is 2.71 bits per heavy atom. The Balaban J connectivity index is 2.43. The molecule has 0 aliphatic carbocycles. The maximum Gasteiger partial charge on any atom is 0.174 e. The van der Waals surface area contributed by atoms with E-state index in [-0.39, 0.29) is 5.41 Å². The molecule has 0 saturated heterocycles. The van der Waals surface area contributed by atoms with Gasteiger partial charge >= 0.3 is 0 Å². The summed E-state index contributed by atoms with van der Waals surface area (Å²) < 4.78 is 1.05. The quantitative estimate of drug-likeness (QED) is 0.807. The van der Waals surface area contributed by atoms with E-state index in [1.54, 1.807) is 28.6 Å². The summed E-state index contributed by atoms with van der Waals surface area (Å²) in [5.41, 5.74) is 2.06. The minimum absolute atomic E-state index is 0.284. The second-order valence-corrected chi connectivity index (χ2v) is 6.32. The second kappa shape index (κ2) is 5.09. The van der Waals surface area contributed by atoms with E-state index < -0.39 is 0 Å². The van der Waals surface area contributed by atoms with Crippen LogP contribution in [0.5, 0.6) is 0 Å². The van der Waals surface area contributed by atoms with E-state index in [1.165, 1.54) is 0 Å². The maximum absolute atomic E-state index is 4.01. The van der Waals surface area contributed by atoms with Gasteiger partial charge in [0.25, 0.3) is 0 Å². The van der Waals surface area contributed by atoms with E-state index in [2.05, 4.69) is 36.3 Å². The summed E-state index contributed by atoms with van der Waals surface area (Å²) >= 11 is 3.37. The molecule has 1 aromatic rings. The van der Waals surface area contributed by atoms with E-state index in [0.29, 0.717) is 6.04 Å². The minimum atomic E-state index is 0.284. The van der Waals surface area contributed by atoms with Gasteiger partial charge in [-0.3, -0.25) is 0 Å². The van der Waals surface area contributed by atoms with Crippen LogP contribution in [0.25, 0.3) is 0 Å². The molecule has 1 heterocycles. The van der Waals surface area contributed by atoms with Gasteiger partial charge < -0.3 is 5.32 Å². The van der Waals surface area contributed by atoms with Crippen molar-refractivity contribution in [3.63, 3.8) is 0 Å². The summed E-state index contributed by atoms with van der Waals surface area (Å²) in [7, 11) is 2.01. The zero-order valence-corrected chi connectivity index (χ0v) is 10.7. The SMILES string of the molecule is CNC(CSc1nncs1)C(C)(C)C. The third-order valence-corrected chi connectivity index (χ3v) is 4.06. The molecule has 0 spiro atoms. The standard InChI is InChI=1S/C9H17N3S2/c1-9(2,3)7(10-4)5-13-8-12-11-6-14-8/h6-7,10H,5H2,1-4H3. The molecule has 1 unspecified atom stereocenters. The Hall–Kier alpha value is -0.130. The molecular formula is C9H17N3S2. The first-order valence-corrected chi connectivity index (χ1v) is 6.47. The van der Waals surface area contributed by atoms with Crippen molar-refractivity contribution < 1.29 is 0 Å². The molecule has 1 aromatic heterocycles.